The van der Waals surface area contributed by atoms with Crippen molar-refractivity contribution in [1.29, 1.82) is 0 Å². The third-order valence-corrected chi connectivity index (χ3v) is 4.48. The summed E-state index contributed by atoms with van der Waals surface area (Å²) in [7, 11) is 2.10. The van der Waals surface area contributed by atoms with Gasteiger partial charge in [0.1, 0.15) is 0 Å². The van der Waals surface area contributed by atoms with Gasteiger partial charge in [0.15, 0.2) is 0 Å². The average Bonchev–Trinajstić information content (AvgIpc) is 2.68. The van der Waals surface area contributed by atoms with E-state index in [0.717, 1.165) is 0 Å². The quantitative estimate of drug-likeness (QED) is 0.431. The minimum atomic E-state index is 1.19. The number of fused-ring (bicyclic) bond motifs is 1. The Morgan fingerprint density at radius 1 is 0.500 bits per heavy atom. The molecule has 0 fully saturated rings. The maximum absolute atomic E-state index is 2.26. The lowest BCUT2D eigenvalue weighted by atomic mass is 10.0. The smallest absolute Gasteiger partial charge is 0.0408 e. The van der Waals surface area contributed by atoms with Gasteiger partial charge in [-0.1, -0.05) is 66.7 Å². The predicted molar refractivity (Wildman–Crippen MR) is 104 cm³/mol. The lowest BCUT2D eigenvalue weighted by Crippen LogP contribution is -2.08. The summed E-state index contributed by atoms with van der Waals surface area (Å²) < 4.78 is 0. The second-order valence-electron chi connectivity index (χ2n) is 6.00. The fourth-order valence-electron chi connectivity index (χ4n) is 3.05. The fourth-order valence-corrected chi connectivity index (χ4v) is 3.05. The van der Waals surface area contributed by atoms with Crippen LogP contribution in [0.4, 0.5) is 11.4 Å². The van der Waals surface area contributed by atoms with Gasteiger partial charge in [-0.25, -0.2) is 0 Å². The summed E-state index contributed by atoms with van der Waals surface area (Å²) in [4.78, 5) is 2.20. The zero-order valence-corrected chi connectivity index (χ0v) is 13.7. The van der Waals surface area contributed by atoms with Crippen LogP contribution in [-0.2, 0) is 0 Å². The lowest BCUT2D eigenvalue weighted by molar-refractivity contribution is 1.21. The number of hydrogen-bond donors (Lipinski definition) is 0. The van der Waals surface area contributed by atoms with Crippen molar-refractivity contribution in [3.63, 3.8) is 0 Å². The van der Waals surface area contributed by atoms with Gasteiger partial charge in [-0.05, 0) is 52.2 Å². The topological polar surface area (TPSA) is 3.24 Å². The minimum Gasteiger partial charge on any atom is -0.345 e. The van der Waals surface area contributed by atoms with Gasteiger partial charge in [0.2, 0.25) is 0 Å². The maximum Gasteiger partial charge on any atom is 0.0408 e. The Labute approximate surface area is 142 Å². The van der Waals surface area contributed by atoms with Crippen molar-refractivity contribution in [2.75, 3.05) is 11.9 Å². The highest BCUT2D eigenvalue weighted by atomic mass is 15.1. The van der Waals surface area contributed by atoms with E-state index >= 15 is 0 Å². The molecule has 0 heterocycles. The molecule has 0 bridgehead atoms. The van der Waals surface area contributed by atoms with Gasteiger partial charge in [-0.3, -0.25) is 0 Å². The van der Waals surface area contributed by atoms with E-state index in [-0.39, 0.29) is 0 Å². The zero-order valence-electron chi connectivity index (χ0n) is 13.7. The molecule has 116 valence electrons. The van der Waals surface area contributed by atoms with Crippen LogP contribution in [0.2, 0.25) is 0 Å². The van der Waals surface area contributed by atoms with Gasteiger partial charge in [-0.15, -0.1) is 0 Å². The predicted octanol–water partition coefficient (Wildman–Crippen LogP) is 6.27. The van der Waals surface area contributed by atoms with Crippen molar-refractivity contribution in [2.45, 2.75) is 0 Å². The summed E-state index contributed by atoms with van der Waals surface area (Å²) in [5.41, 5.74) is 4.87. The van der Waals surface area contributed by atoms with E-state index in [9.17, 15) is 0 Å². The number of benzene rings is 4. The lowest BCUT2D eigenvalue weighted by Gasteiger charge is -2.19. The Hall–Kier alpha value is -3.06. The summed E-state index contributed by atoms with van der Waals surface area (Å²) in [6.07, 6.45) is 0. The summed E-state index contributed by atoms with van der Waals surface area (Å²) >= 11 is 0. The van der Waals surface area contributed by atoms with Crippen LogP contribution in [0.15, 0.2) is 97.1 Å². The Balaban J connectivity index is 1.65. The minimum absolute atomic E-state index is 1.19. The molecule has 4 aromatic rings. The monoisotopic (exact) mass is 309 g/mol. The first-order valence-corrected chi connectivity index (χ1v) is 8.19. The standard InChI is InChI=1S/C23H19N/c1-24(22-9-3-2-4-10-22)23-15-13-19(14-16-23)21-12-11-18-7-5-6-8-20(18)17-21/h2-17H,1H3. The van der Waals surface area contributed by atoms with Crippen LogP contribution in [0.25, 0.3) is 21.9 Å². The van der Waals surface area contributed by atoms with E-state index in [0.29, 0.717) is 0 Å². The molecule has 0 atom stereocenters. The van der Waals surface area contributed by atoms with Gasteiger partial charge in [0.05, 0.1) is 0 Å². The molecular weight excluding hydrogens is 290 g/mol. The molecule has 0 saturated heterocycles. The van der Waals surface area contributed by atoms with Crippen LogP contribution in [0.1, 0.15) is 0 Å². The van der Waals surface area contributed by atoms with Crippen LogP contribution in [0, 0.1) is 0 Å². The van der Waals surface area contributed by atoms with Crippen molar-refractivity contribution in [3.8, 4) is 11.1 Å². The molecule has 0 aliphatic carbocycles. The van der Waals surface area contributed by atoms with Crippen LogP contribution in [-0.4, -0.2) is 7.05 Å². The second kappa shape index (κ2) is 6.21. The number of anilines is 2. The third kappa shape index (κ3) is 2.77. The first-order chi connectivity index (χ1) is 11.8. The number of para-hydroxylation sites is 1. The van der Waals surface area contributed by atoms with Gasteiger partial charge in [-0.2, -0.15) is 0 Å². The second-order valence-corrected chi connectivity index (χ2v) is 6.00. The SMILES string of the molecule is CN(c1ccccc1)c1ccc(-c2ccc3ccccc3c2)cc1. The first kappa shape index (κ1) is 14.5. The maximum atomic E-state index is 2.26. The highest BCUT2D eigenvalue weighted by Crippen LogP contribution is 2.28. The first-order valence-electron chi connectivity index (χ1n) is 8.19. The Morgan fingerprint density at radius 2 is 1.08 bits per heavy atom. The summed E-state index contributed by atoms with van der Waals surface area (Å²) in [5, 5.41) is 2.56. The van der Waals surface area contributed by atoms with Crippen LogP contribution in [0.3, 0.4) is 0 Å². The van der Waals surface area contributed by atoms with Crippen molar-refractivity contribution in [1.82, 2.24) is 0 Å². The van der Waals surface area contributed by atoms with Crippen molar-refractivity contribution < 1.29 is 0 Å². The normalized spacial score (nSPS) is 10.7. The van der Waals surface area contributed by atoms with Crippen LogP contribution < -0.4 is 4.90 Å². The highest BCUT2D eigenvalue weighted by Gasteiger charge is 2.04. The largest absolute Gasteiger partial charge is 0.345 e. The molecule has 4 rings (SSSR count). The highest BCUT2D eigenvalue weighted by molar-refractivity contribution is 5.87. The van der Waals surface area contributed by atoms with Crippen molar-refractivity contribution >= 4 is 22.1 Å². The van der Waals surface area contributed by atoms with E-state index in [4.69, 9.17) is 0 Å². The molecule has 0 aromatic heterocycles. The summed E-state index contributed by atoms with van der Waals surface area (Å²) in [6.45, 7) is 0. The molecule has 0 saturated carbocycles. The molecule has 1 nitrogen and oxygen atoms in total. The third-order valence-electron chi connectivity index (χ3n) is 4.48. The van der Waals surface area contributed by atoms with Gasteiger partial charge in [0.25, 0.3) is 0 Å². The van der Waals surface area contributed by atoms with Crippen LogP contribution in [0.5, 0.6) is 0 Å². The van der Waals surface area contributed by atoms with E-state index in [1.165, 1.54) is 33.3 Å². The molecule has 0 aliphatic heterocycles. The fraction of sp³-hybridized carbons (Fsp3) is 0.0435. The molecule has 0 spiro atoms. The molecular formula is C23H19N. The Bertz CT molecular complexity index is 956. The van der Waals surface area contributed by atoms with Crippen LogP contribution >= 0.6 is 0 Å². The van der Waals surface area contributed by atoms with E-state index < -0.39 is 0 Å². The van der Waals surface area contributed by atoms with Crippen molar-refractivity contribution in [2.24, 2.45) is 0 Å². The Kier molecular flexibility index (Phi) is 3.76. The van der Waals surface area contributed by atoms with Crippen molar-refractivity contribution in [3.05, 3.63) is 97.1 Å². The zero-order chi connectivity index (χ0) is 16.4. The molecule has 24 heavy (non-hydrogen) atoms. The molecule has 1 heteroatoms. The number of rotatable bonds is 3. The summed E-state index contributed by atoms with van der Waals surface area (Å²) in [5.74, 6) is 0. The molecule has 4 aromatic carbocycles. The van der Waals surface area contributed by atoms with E-state index in [2.05, 4.69) is 103 Å². The molecule has 0 unspecified atom stereocenters. The number of nitrogens with zero attached hydrogens (tertiary/aromatic N) is 1. The van der Waals surface area contributed by atoms with Gasteiger partial charge in [0, 0.05) is 18.4 Å². The molecule has 0 amide bonds. The molecule has 0 radical (unpaired) electrons. The van der Waals surface area contributed by atoms with Gasteiger partial charge >= 0.3 is 0 Å². The number of hydrogen-bond acceptors (Lipinski definition) is 1. The Morgan fingerprint density at radius 3 is 1.83 bits per heavy atom. The molecule has 0 aliphatic rings. The van der Waals surface area contributed by atoms with E-state index in [1.54, 1.807) is 0 Å². The summed E-state index contributed by atoms with van der Waals surface area (Å²) in [6, 6.07) is 34.3. The molecule has 0 N–H and O–H groups in total. The van der Waals surface area contributed by atoms with Gasteiger partial charge < -0.3 is 4.90 Å². The van der Waals surface area contributed by atoms with E-state index in [1.807, 2.05) is 6.07 Å². The average molecular weight is 309 g/mol.